The highest BCUT2D eigenvalue weighted by Crippen LogP contribution is 2.27. The summed E-state index contributed by atoms with van der Waals surface area (Å²) in [4.78, 5) is 22.2. The van der Waals surface area contributed by atoms with Crippen LogP contribution in [0.1, 0.15) is 135 Å². The number of carbonyl (C=O) groups excluding carboxylic acids is 1. The van der Waals surface area contributed by atoms with Gasteiger partial charge < -0.3 is 16.2 Å². The molecule has 0 fully saturated rings. The number of carboxylic acids is 1. The summed E-state index contributed by atoms with van der Waals surface area (Å²) in [5, 5.41) is 11.5. The number of amides is 1. The van der Waals surface area contributed by atoms with Crippen LogP contribution in [0.2, 0.25) is 0 Å². The highest BCUT2D eigenvalue weighted by atomic mass is 16.4. The fraction of sp³-hybridized carbons (Fsp3) is 0.929. The first-order valence-corrected chi connectivity index (χ1v) is 12.9. The Bertz CT molecular complexity index is 515. The van der Waals surface area contributed by atoms with Crippen molar-refractivity contribution in [3.8, 4) is 0 Å². The lowest BCUT2D eigenvalue weighted by atomic mass is 9.81. The van der Waals surface area contributed by atoms with E-state index < -0.39 is 5.97 Å². The molecule has 0 heterocycles. The summed E-state index contributed by atoms with van der Waals surface area (Å²) in [5.41, 5.74) is 6.29. The molecule has 4 N–H and O–H groups in total. The first-order valence-electron chi connectivity index (χ1n) is 12.9. The van der Waals surface area contributed by atoms with E-state index >= 15 is 0 Å². The van der Waals surface area contributed by atoms with Crippen LogP contribution < -0.4 is 11.1 Å². The zero-order valence-electron chi connectivity index (χ0n) is 24.7. The predicted octanol–water partition coefficient (Wildman–Crippen LogP) is 7.42. The molecule has 0 saturated heterocycles. The zero-order chi connectivity index (χ0) is 27.3. The SMILES string of the molecule is CC(C)(C)CC(C)(C)N.CCC(CC)C(=O)NC(C)(C)CC(C)(C)C.CCC(CC)C(=O)O. The van der Waals surface area contributed by atoms with Gasteiger partial charge >= 0.3 is 5.97 Å². The van der Waals surface area contributed by atoms with Crippen LogP contribution in [0.15, 0.2) is 0 Å². The van der Waals surface area contributed by atoms with Crippen LogP contribution in [0.4, 0.5) is 0 Å². The Morgan fingerprint density at radius 2 is 1.03 bits per heavy atom. The number of aliphatic carboxylic acids is 1. The quantitative estimate of drug-likeness (QED) is 0.325. The third-order valence-electron chi connectivity index (χ3n) is 5.11. The summed E-state index contributed by atoms with van der Waals surface area (Å²) in [6.07, 6.45) is 5.39. The van der Waals surface area contributed by atoms with Crippen molar-refractivity contribution in [3.63, 3.8) is 0 Å². The number of carboxylic acid groups (broad SMARTS) is 1. The number of carbonyl (C=O) groups is 2. The Labute approximate surface area is 207 Å². The Morgan fingerprint density at radius 3 is 1.18 bits per heavy atom. The smallest absolute Gasteiger partial charge is 0.306 e. The molecule has 0 aromatic rings. The Balaban J connectivity index is -0.000000449. The van der Waals surface area contributed by atoms with Gasteiger partial charge in [-0.15, -0.1) is 0 Å². The summed E-state index contributed by atoms with van der Waals surface area (Å²) in [7, 11) is 0. The van der Waals surface area contributed by atoms with Crippen LogP contribution in [-0.4, -0.2) is 28.1 Å². The minimum absolute atomic E-state index is 0.0156. The van der Waals surface area contributed by atoms with E-state index in [2.05, 4.69) is 88.4 Å². The van der Waals surface area contributed by atoms with Gasteiger partial charge in [0, 0.05) is 17.0 Å². The van der Waals surface area contributed by atoms with Gasteiger partial charge in [-0.1, -0.05) is 69.2 Å². The van der Waals surface area contributed by atoms with E-state index in [-0.39, 0.29) is 34.2 Å². The molecule has 5 heteroatoms. The summed E-state index contributed by atoms with van der Waals surface area (Å²) in [6.45, 7) is 29.5. The molecule has 0 saturated carbocycles. The molecular weight excluding hydrogens is 412 g/mol. The van der Waals surface area contributed by atoms with E-state index in [4.69, 9.17) is 10.8 Å². The summed E-state index contributed by atoms with van der Waals surface area (Å²) in [6, 6.07) is 0. The zero-order valence-corrected chi connectivity index (χ0v) is 24.7. The normalized spacial score (nSPS) is 12.5. The van der Waals surface area contributed by atoms with Crippen LogP contribution in [0.3, 0.4) is 0 Å². The molecule has 0 unspecified atom stereocenters. The van der Waals surface area contributed by atoms with Crippen LogP contribution >= 0.6 is 0 Å². The van der Waals surface area contributed by atoms with E-state index in [0.29, 0.717) is 5.41 Å². The highest BCUT2D eigenvalue weighted by molar-refractivity contribution is 5.79. The van der Waals surface area contributed by atoms with Crippen molar-refractivity contribution in [2.24, 2.45) is 28.4 Å². The lowest BCUT2D eigenvalue weighted by Crippen LogP contribution is -2.48. The lowest BCUT2D eigenvalue weighted by Gasteiger charge is -2.34. The molecule has 0 aromatic heterocycles. The van der Waals surface area contributed by atoms with Crippen molar-refractivity contribution in [1.29, 1.82) is 0 Å². The highest BCUT2D eigenvalue weighted by Gasteiger charge is 2.28. The van der Waals surface area contributed by atoms with Crippen LogP contribution in [0.25, 0.3) is 0 Å². The Hall–Kier alpha value is -1.10. The Kier molecular flexibility index (Phi) is 17.4. The van der Waals surface area contributed by atoms with E-state index in [1.807, 2.05) is 13.8 Å². The molecule has 0 rings (SSSR count). The molecule has 1 amide bonds. The van der Waals surface area contributed by atoms with Crippen LogP contribution in [0.5, 0.6) is 0 Å². The number of rotatable bonds is 9. The van der Waals surface area contributed by atoms with Gasteiger partial charge in [-0.2, -0.15) is 0 Å². The summed E-state index contributed by atoms with van der Waals surface area (Å²) < 4.78 is 0. The van der Waals surface area contributed by atoms with Gasteiger partial charge in [-0.05, 0) is 77.0 Å². The monoisotopic (exact) mass is 472 g/mol. The van der Waals surface area contributed by atoms with Gasteiger partial charge in [0.05, 0.1) is 5.92 Å². The van der Waals surface area contributed by atoms with Crippen molar-refractivity contribution < 1.29 is 14.7 Å². The molecule has 0 aromatic carbocycles. The molecule has 0 aliphatic carbocycles. The van der Waals surface area contributed by atoms with Gasteiger partial charge in [0.1, 0.15) is 0 Å². The topological polar surface area (TPSA) is 92.4 Å². The van der Waals surface area contributed by atoms with Crippen molar-refractivity contribution in [2.45, 2.75) is 147 Å². The van der Waals surface area contributed by atoms with Crippen LogP contribution in [-0.2, 0) is 9.59 Å². The largest absolute Gasteiger partial charge is 0.481 e. The molecule has 0 atom stereocenters. The molecule has 0 aliphatic rings. The van der Waals surface area contributed by atoms with E-state index in [9.17, 15) is 9.59 Å². The second-order valence-corrected chi connectivity index (χ2v) is 13.2. The van der Waals surface area contributed by atoms with Crippen LogP contribution in [0, 0.1) is 22.7 Å². The molecule has 0 radical (unpaired) electrons. The Morgan fingerprint density at radius 1 is 0.697 bits per heavy atom. The van der Waals surface area contributed by atoms with Gasteiger partial charge in [-0.25, -0.2) is 0 Å². The number of hydrogen-bond acceptors (Lipinski definition) is 3. The number of hydrogen-bond donors (Lipinski definition) is 3. The fourth-order valence-electron chi connectivity index (χ4n) is 4.47. The van der Waals surface area contributed by atoms with Crippen molar-refractivity contribution in [2.75, 3.05) is 0 Å². The maximum Gasteiger partial charge on any atom is 0.306 e. The molecule has 200 valence electrons. The molecule has 0 spiro atoms. The minimum Gasteiger partial charge on any atom is -0.481 e. The summed E-state index contributed by atoms with van der Waals surface area (Å²) >= 11 is 0. The number of nitrogens with two attached hydrogens (primary N) is 1. The van der Waals surface area contributed by atoms with Gasteiger partial charge in [0.2, 0.25) is 5.91 Å². The standard InChI is InChI=1S/C14H29NO.C8H19N.C6H12O2/c1-8-11(9-2)12(16)15-14(6,7)10-13(3,4)5;1-7(2,3)6-8(4,5)9;1-3-5(4-2)6(7)8/h11H,8-10H2,1-7H3,(H,15,16);6,9H2,1-5H3;5H,3-4H2,1-2H3,(H,7,8). The molecule has 0 aliphatic heterocycles. The average molecular weight is 473 g/mol. The first kappa shape index (κ1) is 36.5. The first-order chi connectivity index (χ1) is 14.5. The maximum atomic E-state index is 12.0. The molecule has 5 nitrogen and oxygen atoms in total. The molecular formula is C28H60N2O3. The predicted molar refractivity (Wildman–Crippen MR) is 144 cm³/mol. The third-order valence-corrected chi connectivity index (χ3v) is 5.11. The van der Waals surface area contributed by atoms with Gasteiger partial charge in [0.15, 0.2) is 0 Å². The van der Waals surface area contributed by atoms with Crippen molar-refractivity contribution >= 4 is 11.9 Å². The third kappa shape index (κ3) is 25.4. The second kappa shape index (κ2) is 15.7. The van der Waals surface area contributed by atoms with E-state index in [1.165, 1.54) is 0 Å². The van der Waals surface area contributed by atoms with Crippen molar-refractivity contribution in [1.82, 2.24) is 5.32 Å². The van der Waals surface area contributed by atoms with Gasteiger partial charge in [0.25, 0.3) is 0 Å². The fourth-order valence-corrected chi connectivity index (χ4v) is 4.47. The average Bonchev–Trinajstić information content (AvgIpc) is 2.51. The molecule has 0 bridgehead atoms. The second-order valence-electron chi connectivity index (χ2n) is 13.2. The summed E-state index contributed by atoms with van der Waals surface area (Å²) in [5.74, 6) is -0.427. The van der Waals surface area contributed by atoms with Crippen molar-refractivity contribution in [3.05, 3.63) is 0 Å². The van der Waals surface area contributed by atoms with Gasteiger partial charge in [-0.3, -0.25) is 9.59 Å². The number of nitrogens with one attached hydrogen (secondary N) is 1. The maximum absolute atomic E-state index is 12.0. The molecule has 33 heavy (non-hydrogen) atoms. The van der Waals surface area contributed by atoms with E-state index in [0.717, 1.165) is 38.5 Å². The van der Waals surface area contributed by atoms with E-state index in [1.54, 1.807) is 0 Å². The minimum atomic E-state index is -0.671. The lowest BCUT2D eigenvalue weighted by molar-refractivity contribution is -0.141.